The van der Waals surface area contributed by atoms with E-state index in [-0.39, 0.29) is 28.7 Å². The highest BCUT2D eigenvalue weighted by Crippen LogP contribution is 2.39. The molecular weight excluding hydrogens is 1040 g/mol. The molecule has 0 aliphatic rings. The maximum Gasteiger partial charge on any atom is 0.303 e. The van der Waals surface area contributed by atoms with Gasteiger partial charge in [-0.05, 0) is 69.3 Å². The molecule has 4 rings (SSSR count). The van der Waals surface area contributed by atoms with E-state index >= 15 is 0 Å². The zero-order valence-corrected chi connectivity index (χ0v) is 53.8. The predicted octanol–water partition coefficient (Wildman–Crippen LogP) is 14.5. The van der Waals surface area contributed by atoms with Gasteiger partial charge in [0, 0.05) is 39.3 Å². The van der Waals surface area contributed by atoms with Crippen LogP contribution in [-0.2, 0) is 37.4 Å². The molecule has 1 N–H and O–H groups in total. The van der Waals surface area contributed by atoms with Crippen molar-refractivity contribution in [1.82, 2.24) is 0 Å². The summed E-state index contributed by atoms with van der Waals surface area (Å²) < 4.78 is 45.6. The Balaban J connectivity index is 0.000000521. The molecule has 0 heterocycles. The molecule has 0 aliphatic heterocycles. The maximum absolute atomic E-state index is 10.8. The summed E-state index contributed by atoms with van der Waals surface area (Å²) in [5.74, 6) is -0.739. The first-order valence-electron chi connectivity index (χ1n) is 30.8. The Morgan fingerprint density at radius 1 is 0.481 bits per heavy atom. The van der Waals surface area contributed by atoms with Crippen LogP contribution in [0.3, 0.4) is 0 Å². The summed E-state index contributed by atoms with van der Waals surface area (Å²) in [6.45, 7) is 24.9. The molecule has 0 saturated heterocycles. The second-order valence-electron chi connectivity index (χ2n) is 22.9. The number of aldehydes is 1. The topological polar surface area (TPSA) is 110 Å². The molecule has 0 saturated carbocycles. The number of hydrogen-bond donors (Lipinski definition) is 1. The van der Waals surface area contributed by atoms with E-state index in [0.717, 1.165) is 64.4 Å². The van der Waals surface area contributed by atoms with Gasteiger partial charge in [-0.2, -0.15) is 0 Å². The van der Waals surface area contributed by atoms with Crippen LogP contribution in [0.15, 0.2) is 121 Å². The third-order valence-electron chi connectivity index (χ3n) is 14.3. The third-order valence-corrected chi connectivity index (χ3v) is 24.5. The lowest BCUT2D eigenvalue weighted by Gasteiger charge is -2.45. The maximum atomic E-state index is 10.8. The first kappa shape index (κ1) is 69.9. The highest BCUT2D eigenvalue weighted by molar-refractivity contribution is 7.15. The van der Waals surface area contributed by atoms with Crippen molar-refractivity contribution in [2.24, 2.45) is 0 Å². The number of hydrogen-bond acceptors (Lipinski definition) is 8. The number of ether oxygens (including phenoxy) is 4. The fourth-order valence-corrected chi connectivity index (χ4v) is 19.5. The molecule has 0 spiro atoms. The number of carboxylic acids is 1. The Kier molecular flexibility index (Phi) is 38.4. The third kappa shape index (κ3) is 27.5. The van der Waals surface area contributed by atoms with Gasteiger partial charge in [0.2, 0.25) is 0 Å². The van der Waals surface area contributed by atoms with Crippen LogP contribution < -0.4 is 20.7 Å². The first-order valence-corrected chi connectivity index (χ1v) is 35.1. The number of rotatable bonds is 42. The Bertz CT molecular complexity index is 2000. The molecular formula is C67H109O9PSi2. The molecule has 12 heteroatoms. The first-order chi connectivity index (χ1) is 38.7. The van der Waals surface area contributed by atoms with Crippen molar-refractivity contribution in [1.29, 1.82) is 1.28 Å². The summed E-state index contributed by atoms with van der Waals surface area (Å²) in [5.41, 5.74) is 0. The molecule has 79 heavy (non-hydrogen) atoms. The zero-order valence-electron chi connectivity index (χ0n) is 51.8. The molecule has 4 aromatic rings. The summed E-state index contributed by atoms with van der Waals surface area (Å²) in [6.07, 6.45) is 21.7. The van der Waals surface area contributed by atoms with Crippen molar-refractivity contribution < 1.29 is 42.5 Å². The van der Waals surface area contributed by atoms with Crippen molar-refractivity contribution in [3.05, 3.63) is 121 Å². The summed E-state index contributed by atoms with van der Waals surface area (Å²) >= 11 is 0. The average Bonchev–Trinajstić information content (AvgIpc) is 3.60. The Morgan fingerprint density at radius 2 is 0.747 bits per heavy atom. The van der Waals surface area contributed by atoms with Gasteiger partial charge in [-0.3, -0.25) is 4.79 Å². The molecule has 0 aromatic heterocycles. The number of aliphatic carboxylic acids is 1. The second-order valence-corrected chi connectivity index (χ2v) is 31.4. The van der Waals surface area contributed by atoms with Gasteiger partial charge in [-0.1, -0.05) is 260 Å². The highest BCUT2D eigenvalue weighted by atomic mass is 31.0. The van der Waals surface area contributed by atoms with Crippen molar-refractivity contribution >= 4 is 58.8 Å². The fraction of sp³-hybridized carbons (Fsp3) is 0.612. The van der Waals surface area contributed by atoms with E-state index in [9.17, 15) is 9.59 Å². The number of carbonyl (C=O) groups is 2. The summed E-state index contributed by atoms with van der Waals surface area (Å²) in [4.78, 5) is 21.4. The van der Waals surface area contributed by atoms with Crippen molar-refractivity contribution in [3.8, 4) is 0 Å². The lowest BCUT2D eigenvalue weighted by atomic mass is 10.1. The molecule has 3 unspecified atom stereocenters. The molecule has 4 aromatic carbocycles. The number of unbranched alkanes of at least 4 members (excludes halogenated alkanes) is 15. The van der Waals surface area contributed by atoms with Gasteiger partial charge in [0.1, 0.15) is 6.29 Å². The molecule has 9 nitrogen and oxygen atoms in total. The van der Waals surface area contributed by atoms with Gasteiger partial charge in [-0.25, -0.2) is 0 Å². The predicted molar refractivity (Wildman–Crippen MR) is 341 cm³/mol. The molecule has 0 amide bonds. The fourth-order valence-electron chi connectivity index (χ4n) is 10.2. The van der Waals surface area contributed by atoms with E-state index in [1.54, 1.807) is 0 Å². The van der Waals surface area contributed by atoms with Crippen LogP contribution in [0.4, 0.5) is 0 Å². The van der Waals surface area contributed by atoms with E-state index in [2.05, 4.69) is 177 Å². The standard InChI is InChI=1S/C33H52O5Si.C33H52O4Si.CH5P/c1-5-6-7-8-9-18-25-36-27-29(28-37-26-19-12-17-24-32(34)35)38-39(33(2,3)4,30-20-13-10-14-21-30)31-22-15-11-16-23-31;1-5-6-7-8-10-19-26-35-28-30(29-36-27-20-11-9-18-25-34)37-38(33(2,3)4,31-21-14-12-15-22-31)32-23-16-13-17-24-32;1-2/h10-11,13-16,20-23,29H,5-9,12,17-19,24-28H2,1-4H3,(H,34,35);12-17,21-25,30H,5-11,18-20,26-29H2,1-4H3;2H2,1H3/i;;2D. The van der Waals surface area contributed by atoms with E-state index < -0.39 is 22.6 Å². The normalized spacial score (nSPS) is 13.0. The quantitative estimate of drug-likeness (QED) is 0.0201. The van der Waals surface area contributed by atoms with Gasteiger partial charge in [-0.15, -0.1) is 9.18 Å². The Morgan fingerprint density at radius 3 is 1.01 bits per heavy atom. The van der Waals surface area contributed by atoms with Crippen LogP contribution in [-0.4, -0.2) is 107 Å². The smallest absolute Gasteiger partial charge is 0.303 e. The molecule has 0 aliphatic carbocycles. The van der Waals surface area contributed by atoms with Crippen LogP contribution in [0, 0.1) is 0 Å². The number of benzene rings is 4. The van der Waals surface area contributed by atoms with E-state index in [0.29, 0.717) is 61.7 Å². The summed E-state index contributed by atoms with van der Waals surface area (Å²) in [5, 5.41) is 13.7. The molecule has 0 radical (unpaired) electrons. The molecule has 3 atom stereocenters. The minimum Gasteiger partial charge on any atom is -0.481 e. The minimum absolute atomic E-state index is 0.0952. The number of carboxylic acid groups (broad SMARTS) is 1. The minimum atomic E-state index is -2.72. The highest BCUT2D eigenvalue weighted by Gasteiger charge is 2.52. The molecule has 0 fully saturated rings. The average molecular weight is 1150 g/mol. The number of carbonyl (C=O) groups excluding carboxylic acids is 1. The van der Waals surface area contributed by atoms with E-state index in [1.807, 2.05) is 6.66 Å². The van der Waals surface area contributed by atoms with Gasteiger partial charge < -0.3 is 37.7 Å². The lowest BCUT2D eigenvalue weighted by molar-refractivity contribution is -0.137. The molecule has 444 valence electrons. The Hall–Kier alpha value is -3.36. The van der Waals surface area contributed by atoms with Crippen molar-refractivity contribution in [2.45, 2.75) is 206 Å². The van der Waals surface area contributed by atoms with Crippen LogP contribution in [0.2, 0.25) is 10.1 Å². The zero-order chi connectivity index (χ0) is 58.6. The summed E-state index contributed by atoms with van der Waals surface area (Å²) in [6, 6.07) is 42.9. The van der Waals surface area contributed by atoms with E-state index in [4.69, 9.17) is 34.2 Å². The Labute approximate surface area is 487 Å². The van der Waals surface area contributed by atoms with Gasteiger partial charge in [0.05, 0.1) is 39.9 Å². The van der Waals surface area contributed by atoms with Gasteiger partial charge in [0.15, 0.2) is 0 Å². The van der Waals surface area contributed by atoms with Gasteiger partial charge >= 0.3 is 5.97 Å². The SMILES string of the molecule is CCCCCCCCOCC(COCCCCCC(=O)O)O[Si](c1ccccc1)(c1ccccc1)C(C)(C)C.CCCCCCCCOCC(COCCCCCC=O)O[Si](c1ccccc1)(c1ccccc1)C(C)(C)C.[2H]PC. The van der Waals surface area contributed by atoms with Crippen LogP contribution in [0.5, 0.6) is 0 Å². The van der Waals surface area contributed by atoms with Gasteiger partial charge in [0.25, 0.3) is 16.6 Å². The summed E-state index contributed by atoms with van der Waals surface area (Å²) in [7, 11) is -5.08. The molecule has 0 bridgehead atoms. The van der Waals surface area contributed by atoms with Crippen LogP contribution >= 0.6 is 9.18 Å². The van der Waals surface area contributed by atoms with E-state index in [1.165, 1.54) is 85.0 Å². The second kappa shape index (κ2) is 43.3. The van der Waals surface area contributed by atoms with Crippen LogP contribution in [0.25, 0.3) is 0 Å². The lowest BCUT2D eigenvalue weighted by Crippen LogP contribution is -2.68. The van der Waals surface area contributed by atoms with Crippen molar-refractivity contribution in [2.75, 3.05) is 59.5 Å². The van der Waals surface area contributed by atoms with Crippen molar-refractivity contribution in [3.63, 3.8) is 0 Å². The van der Waals surface area contributed by atoms with Crippen LogP contribution in [0.1, 0.15) is 184 Å². The monoisotopic (exact) mass is 1150 g/mol. The largest absolute Gasteiger partial charge is 0.481 e.